The van der Waals surface area contributed by atoms with Crippen LogP contribution in [0.15, 0.2) is 0 Å². The maximum Gasteiger partial charge on any atom is 0.389 e. The van der Waals surface area contributed by atoms with Crippen molar-refractivity contribution in [3.8, 4) is 0 Å². The first-order valence-electron chi connectivity index (χ1n) is 5.29. The van der Waals surface area contributed by atoms with Gasteiger partial charge < -0.3 is 5.32 Å². The predicted octanol–water partition coefficient (Wildman–Crippen LogP) is 1.50. The fourth-order valence-corrected chi connectivity index (χ4v) is 3.18. The Morgan fingerprint density at radius 2 is 1.75 bits per heavy atom. The van der Waals surface area contributed by atoms with Gasteiger partial charge in [0.2, 0.25) is 0 Å². The molecule has 96 valence electrons. The molecular weight excluding hydrogens is 243 g/mol. The van der Waals surface area contributed by atoms with Crippen molar-refractivity contribution in [2.45, 2.75) is 37.9 Å². The molecule has 0 unspecified atom stereocenters. The molecule has 1 fully saturated rings. The summed E-state index contributed by atoms with van der Waals surface area (Å²) in [6, 6.07) is 0.0526. The van der Waals surface area contributed by atoms with Gasteiger partial charge in [-0.15, -0.1) is 0 Å². The van der Waals surface area contributed by atoms with Crippen molar-refractivity contribution < 1.29 is 21.6 Å². The highest BCUT2D eigenvalue weighted by Gasteiger charge is 2.27. The SMILES string of the molecule is O=S1(=O)CCC(NCCCC(F)(F)F)CC1. The van der Waals surface area contributed by atoms with Gasteiger partial charge in [-0.05, 0) is 25.8 Å². The Balaban J connectivity index is 2.11. The minimum absolute atomic E-state index is 0.0484. The zero-order valence-electron chi connectivity index (χ0n) is 8.89. The van der Waals surface area contributed by atoms with Gasteiger partial charge in [0.15, 0.2) is 0 Å². The van der Waals surface area contributed by atoms with Crippen LogP contribution in [-0.2, 0) is 9.84 Å². The van der Waals surface area contributed by atoms with E-state index in [2.05, 4.69) is 5.32 Å². The van der Waals surface area contributed by atoms with Gasteiger partial charge in [-0.25, -0.2) is 8.42 Å². The lowest BCUT2D eigenvalue weighted by Crippen LogP contribution is -2.38. The molecule has 1 N–H and O–H groups in total. The summed E-state index contributed by atoms with van der Waals surface area (Å²) in [7, 11) is -2.89. The lowest BCUT2D eigenvalue weighted by molar-refractivity contribution is -0.135. The lowest BCUT2D eigenvalue weighted by atomic mass is 10.1. The zero-order chi connectivity index (χ0) is 12.2. The molecule has 16 heavy (non-hydrogen) atoms. The monoisotopic (exact) mass is 259 g/mol. The first kappa shape index (κ1) is 13.8. The van der Waals surface area contributed by atoms with Crippen molar-refractivity contribution in [1.29, 1.82) is 0 Å². The van der Waals surface area contributed by atoms with Crippen molar-refractivity contribution in [2.75, 3.05) is 18.1 Å². The second-order valence-corrected chi connectivity index (χ2v) is 6.40. The van der Waals surface area contributed by atoms with E-state index < -0.39 is 22.4 Å². The van der Waals surface area contributed by atoms with E-state index >= 15 is 0 Å². The summed E-state index contributed by atoms with van der Waals surface area (Å²) in [6.45, 7) is 0.296. The number of hydrogen-bond acceptors (Lipinski definition) is 3. The van der Waals surface area contributed by atoms with Crippen molar-refractivity contribution in [2.24, 2.45) is 0 Å². The molecule has 0 atom stereocenters. The van der Waals surface area contributed by atoms with Crippen LogP contribution >= 0.6 is 0 Å². The van der Waals surface area contributed by atoms with Crippen molar-refractivity contribution >= 4 is 9.84 Å². The summed E-state index contributed by atoms with van der Waals surface area (Å²) in [5, 5.41) is 2.97. The maximum absolute atomic E-state index is 11.8. The molecule has 3 nitrogen and oxygen atoms in total. The third-order valence-electron chi connectivity index (χ3n) is 2.62. The minimum Gasteiger partial charge on any atom is -0.314 e. The smallest absolute Gasteiger partial charge is 0.314 e. The van der Waals surface area contributed by atoms with Gasteiger partial charge in [-0.1, -0.05) is 0 Å². The molecule has 1 aliphatic rings. The third kappa shape index (κ3) is 5.69. The number of hydrogen-bond donors (Lipinski definition) is 1. The number of rotatable bonds is 4. The Labute approximate surface area is 93.3 Å². The van der Waals surface area contributed by atoms with Gasteiger partial charge in [0.25, 0.3) is 0 Å². The molecule has 0 aliphatic carbocycles. The number of sulfone groups is 1. The van der Waals surface area contributed by atoms with Gasteiger partial charge >= 0.3 is 6.18 Å². The Morgan fingerprint density at radius 1 is 1.19 bits per heavy atom. The molecule has 0 spiro atoms. The molecule has 0 aromatic rings. The van der Waals surface area contributed by atoms with Crippen LogP contribution in [0, 0.1) is 0 Å². The molecule has 1 heterocycles. The Hall–Kier alpha value is -0.300. The number of alkyl halides is 3. The quantitative estimate of drug-likeness (QED) is 0.778. The highest BCUT2D eigenvalue weighted by Crippen LogP contribution is 2.21. The Bertz CT molecular complexity index is 299. The van der Waals surface area contributed by atoms with Crippen molar-refractivity contribution in [3.05, 3.63) is 0 Å². The van der Waals surface area contributed by atoms with Crippen molar-refractivity contribution in [1.82, 2.24) is 5.32 Å². The van der Waals surface area contributed by atoms with Gasteiger partial charge in [-0.3, -0.25) is 0 Å². The molecule has 0 amide bonds. The van der Waals surface area contributed by atoms with E-state index in [0.29, 0.717) is 19.4 Å². The summed E-state index contributed by atoms with van der Waals surface area (Å²) >= 11 is 0. The fraction of sp³-hybridized carbons (Fsp3) is 1.00. The highest BCUT2D eigenvalue weighted by molar-refractivity contribution is 7.91. The average Bonchev–Trinajstić information content (AvgIpc) is 2.13. The van der Waals surface area contributed by atoms with Crippen LogP contribution in [-0.4, -0.2) is 38.7 Å². The van der Waals surface area contributed by atoms with E-state index in [9.17, 15) is 21.6 Å². The van der Waals surface area contributed by atoms with Crippen LogP contribution in [0.3, 0.4) is 0 Å². The maximum atomic E-state index is 11.8. The molecule has 1 aliphatic heterocycles. The summed E-state index contributed by atoms with van der Waals surface area (Å²) in [4.78, 5) is 0. The molecule has 0 bridgehead atoms. The van der Waals surface area contributed by atoms with Gasteiger partial charge in [0.1, 0.15) is 9.84 Å². The first-order valence-corrected chi connectivity index (χ1v) is 7.11. The van der Waals surface area contributed by atoms with Gasteiger partial charge in [0, 0.05) is 12.5 Å². The molecule has 0 radical (unpaired) electrons. The topological polar surface area (TPSA) is 46.2 Å². The van der Waals surface area contributed by atoms with E-state index in [1.165, 1.54) is 0 Å². The number of nitrogens with one attached hydrogen (secondary N) is 1. The second-order valence-electron chi connectivity index (χ2n) is 4.10. The molecular formula is C9H16F3NO2S. The highest BCUT2D eigenvalue weighted by atomic mass is 32.2. The summed E-state index contributed by atoms with van der Waals surface area (Å²) in [5.74, 6) is 0.286. The zero-order valence-corrected chi connectivity index (χ0v) is 9.70. The number of halogens is 3. The van der Waals surface area contributed by atoms with Crippen LogP contribution in [0.1, 0.15) is 25.7 Å². The van der Waals surface area contributed by atoms with Crippen molar-refractivity contribution in [3.63, 3.8) is 0 Å². The molecule has 0 aromatic carbocycles. The second kappa shape index (κ2) is 5.35. The average molecular weight is 259 g/mol. The Morgan fingerprint density at radius 3 is 2.25 bits per heavy atom. The lowest BCUT2D eigenvalue weighted by Gasteiger charge is -2.23. The van der Waals surface area contributed by atoms with Crippen LogP contribution in [0.5, 0.6) is 0 Å². The molecule has 1 rings (SSSR count). The van der Waals surface area contributed by atoms with Crippen LogP contribution < -0.4 is 5.32 Å². The third-order valence-corrected chi connectivity index (χ3v) is 4.34. The van der Waals surface area contributed by atoms with E-state index in [4.69, 9.17) is 0 Å². The molecule has 0 aromatic heterocycles. The standard InChI is InChI=1S/C9H16F3NO2S/c10-9(11,12)4-1-5-13-8-2-6-16(14,15)7-3-8/h8,13H,1-7H2. The van der Waals surface area contributed by atoms with E-state index in [1.54, 1.807) is 0 Å². The normalized spacial score (nSPS) is 22.2. The van der Waals surface area contributed by atoms with Crippen LogP contribution in [0.4, 0.5) is 13.2 Å². The summed E-state index contributed by atoms with van der Waals surface area (Å²) < 4.78 is 57.6. The van der Waals surface area contributed by atoms with Gasteiger partial charge in [0.05, 0.1) is 11.5 Å². The van der Waals surface area contributed by atoms with E-state index in [0.717, 1.165) is 0 Å². The van der Waals surface area contributed by atoms with Crippen LogP contribution in [0.25, 0.3) is 0 Å². The fourth-order valence-electron chi connectivity index (χ4n) is 1.69. The first-order chi connectivity index (χ1) is 7.29. The Kier molecular flexibility index (Phi) is 4.61. The van der Waals surface area contributed by atoms with E-state index in [1.807, 2.05) is 0 Å². The largest absolute Gasteiger partial charge is 0.389 e. The molecule has 1 saturated heterocycles. The van der Waals surface area contributed by atoms with Gasteiger partial charge in [-0.2, -0.15) is 13.2 Å². The molecule has 7 heteroatoms. The minimum atomic E-state index is -4.10. The summed E-state index contributed by atoms with van der Waals surface area (Å²) in [5.41, 5.74) is 0. The van der Waals surface area contributed by atoms with E-state index in [-0.39, 0.29) is 24.0 Å². The van der Waals surface area contributed by atoms with Crippen LogP contribution in [0.2, 0.25) is 0 Å². The summed E-state index contributed by atoms with van der Waals surface area (Å²) in [6.07, 6.45) is -3.82. The predicted molar refractivity (Wildman–Crippen MR) is 55.0 cm³/mol. The molecule has 0 saturated carbocycles.